The maximum atomic E-state index is 12.9. The summed E-state index contributed by atoms with van der Waals surface area (Å²) in [6.45, 7) is 8.33. The van der Waals surface area contributed by atoms with Crippen LogP contribution in [0.15, 0.2) is 29.2 Å². The summed E-state index contributed by atoms with van der Waals surface area (Å²) in [6.07, 6.45) is 1.02. The van der Waals surface area contributed by atoms with Gasteiger partial charge in [-0.3, -0.25) is 4.79 Å². The van der Waals surface area contributed by atoms with E-state index in [0.717, 1.165) is 12.0 Å². The lowest BCUT2D eigenvalue weighted by Gasteiger charge is -2.35. The SMILES string of the molecule is CCC(C)c1ccc(S(=O)(=O)N2CCN(C(=O)C(C)CNC)CC2)cc1. The molecule has 1 aliphatic rings. The Morgan fingerprint density at radius 3 is 2.19 bits per heavy atom. The first-order valence-electron chi connectivity index (χ1n) is 9.34. The van der Waals surface area contributed by atoms with E-state index in [0.29, 0.717) is 43.5 Å². The minimum absolute atomic E-state index is 0.0781. The number of rotatable bonds is 7. The summed E-state index contributed by atoms with van der Waals surface area (Å²) in [7, 11) is -1.69. The highest BCUT2D eigenvalue weighted by Crippen LogP contribution is 2.23. The Kier molecular flexibility index (Phi) is 7.20. The molecule has 2 rings (SSSR count). The van der Waals surface area contributed by atoms with Gasteiger partial charge in [-0.1, -0.05) is 32.9 Å². The van der Waals surface area contributed by atoms with Crippen molar-refractivity contribution < 1.29 is 13.2 Å². The molecule has 0 spiro atoms. The first kappa shape index (κ1) is 20.9. The standard InChI is InChI=1S/C19H31N3O3S/c1-5-15(2)17-6-8-18(9-7-17)26(24,25)22-12-10-21(11-13-22)19(23)16(3)14-20-4/h6-9,15-16,20H,5,10-14H2,1-4H3. The molecule has 1 amide bonds. The van der Waals surface area contributed by atoms with E-state index in [1.54, 1.807) is 17.0 Å². The second kappa shape index (κ2) is 8.97. The quantitative estimate of drug-likeness (QED) is 0.783. The maximum absolute atomic E-state index is 12.9. The van der Waals surface area contributed by atoms with Crippen molar-refractivity contribution in [1.82, 2.24) is 14.5 Å². The monoisotopic (exact) mass is 381 g/mol. The van der Waals surface area contributed by atoms with Crippen molar-refractivity contribution in [1.29, 1.82) is 0 Å². The first-order chi connectivity index (χ1) is 12.3. The van der Waals surface area contributed by atoms with Crippen LogP contribution in [0.1, 0.15) is 38.7 Å². The predicted octanol–water partition coefficient (Wildman–Crippen LogP) is 1.89. The summed E-state index contributed by atoms with van der Waals surface area (Å²) < 4.78 is 27.2. The van der Waals surface area contributed by atoms with Gasteiger partial charge in [-0.15, -0.1) is 0 Å². The number of carbonyl (C=O) groups excluding carboxylic acids is 1. The van der Waals surface area contributed by atoms with E-state index in [4.69, 9.17) is 0 Å². The number of carbonyl (C=O) groups is 1. The third kappa shape index (κ3) is 4.64. The zero-order valence-electron chi connectivity index (χ0n) is 16.2. The van der Waals surface area contributed by atoms with Crippen LogP contribution in [0.4, 0.5) is 0 Å². The van der Waals surface area contributed by atoms with Crippen LogP contribution in [0.3, 0.4) is 0 Å². The third-order valence-electron chi connectivity index (χ3n) is 5.18. The minimum Gasteiger partial charge on any atom is -0.340 e. The van der Waals surface area contributed by atoms with Crippen molar-refractivity contribution in [2.45, 2.75) is 38.0 Å². The Bertz CT molecular complexity index is 695. The highest BCUT2D eigenvalue weighted by Gasteiger charge is 2.31. The van der Waals surface area contributed by atoms with Crippen molar-refractivity contribution >= 4 is 15.9 Å². The van der Waals surface area contributed by atoms with Crippen LogP contribution in [0.5, 0.6) is 0 Å². The molecule has 6 nitrogen and oxygen atoms in total. The Labute approximate surface area is 157 Å². The number of nitrogens with zero attached hydrogens (tertiary/aromatic N) is 2. The fraction of sp³-hybridized carbons (Fsp3) is 0.632. The Morgan fingerprint density at radius 1 is 1.12 bits per heavy atom. The highest BCUT2D eigenvalue weighted by atomic mass is 32.2. The summed E-state index contributed by atoms with van der Waals surface area (Å²) in [4.78, 5) is 14.5. The van der Waals surface area contributed by atoms with Gasteiger partial charge in [0, 0.05) is 38.6 Å². The topological polar surface area (TPSA) is 69.7 Å². The molecule has 0 aliphatic carbocycles. The van der Waals surface area contributed by atoms with Gasteiger partial charge in [0.15, 0.2) is 0 Å². The Morgan fingerprint density at radius 2 is 1.69 bits per heavy atom. The molecular formula is C19H31N3O3S. The van der Waals surface area contributed by atoms with E-state index in [1.807, 2.05) is 26.1 Å². The van der Waals surface area contributed by atoms with Crippen molar-refractivity contribution in [3.05, 3.63) is 29.8 Å². The lowest BCUT2D eigenvalue weighted by Crippen LogP contribution is -2.52. The molecule has 7 heteroatoms. The normalized spacial score (nSPS) is 18.5. The molecule has 0 saturated carbocycles. The maximum Gasteiger partial charge on any atom is 0.243 e. The lowest BCUT2D eigenvalue weighted by atomic mass is 9.99. The molecule has 0 radical (unpaired) electrons. The van der Waals surface area contributed by atoms with Crippen molar-refractivity contribution in [2.75, 3.05) is 39.8 Å². The van der Waals surface area contributed by atoms with Gasteiger partial charge in [0.1, 0.15) is 0 Å². The van der Waals surface area contributed by atoms with Crippen molar-refractivity contribution in [3.63, 3.8) is 0 Å². The summed E-state index contributed by atoms with van der Waals surface area (Å²) in [5, 5.41) is 3.00. The van der Waals surface area contributed by atoms with Gasteiger partial charge in [0.2, 0.25) is 15.9 Å². The van der Waals surface area contributed by atoms with E-state index in [1.165, 1.54) is 4.31 Å². The lowest BCUT2D eigenvalue weighted by molar-refractivity contribution is -0.136. The average Bonchev–Trinajstić information content (AvgIpc) is 2.67. The van der Waals surface area contributed by atoms with Gasteiger partial charge < -0.3 is 10.2 Å². The number of amides is 1. The molecule has 26 heavy (non-hydrogen) atoms. The van der Waals surface area contributed by atoms with Crippen LogP contribution in [0.2, 0.25) is 0 Å². The third-order valence-corrected chi connectivity index (χ3v) is 7.09. The van der Waals surface area contributed by atoms with E-state index in [-0.39, 0.29) is 11.8 Å². The predicted molar refractivity (Wildman–Crippen MR) is 104 cm³/mol. The number of nitrogens with one attached hydrogen (secondary N) is 1. The summed E-state index contributed by atoms with van der Waals surface area (Å²) in [6, 6.07) is 7.20. The van der Waals surface area contributed by atoms with Gasteiger partial charge in [0.05, 0.1) is 4.90 Å². The van der Waals surface area contributed by atoms with Gasteiger partial charge in [-0.05, 0) is 37.1 Å². The zero-order valence-corrected chi connectivity index (χ0v) is 17.1. The van der Waals surface area contributed by atoms with Crippen LogP contribution in [0.25, 0.3) is 0 Å². The number of hydrogen-bond acceptors (Lipinski definition) is 4. The second-order valence-corrected chi connectivity index (χ2v) is 9.00. The molecule has 146 valence electrons. The Hall–Kier alpha value is -1.44. The fourth-order valence-corrected chi connectivity index (χ4v) is 4.63. The van der Waals surface area contributed by atoms with Crippen molar-refractivity contribution in [2.24, 2.45) is 5.92 Å². The molecule has 1 saturated heterocycles. The molecule has 1 heterocycles. The van der Waals surface area contributed by atoms with Crippen LogP contribution in [-0.2, 0) is 14.8 Å². The molecule has 2 unspecified atom stereocenters. The van der Waals surface area contributed by atoms with E-state index in [2.05, 4.69) is 19.2 Å². The molecular weight excluding hydrogens is 350 g/mol. The first-order valence-corrected chi connectivity index (χ1v) is 10.8. The summed E-state index contributed by atoms with van der Waals surface area (Å²) in [5.74, 6) is 0.395. The number of sulfonamides is 1. The van der Waals surface area contributed by atoms with Crippen LogP contribution in [-0.4, -0.2) is 63.3 Å². The summed E-state index contributed by atoms with van der Waals surface area (Å²) in [5.41, 5.74) is 1.15. The van der Waals surface area contributed by atoms with Gasteiger partial charge in [0.25, 0.3) is 0 Å². The molecule has 0 aromatic heterocycles. The Balaban J connectivity index is 2.02. The van der Waals surface area contributed by atoms with Gasteiger partial charge in [-0.2, -0.15) is 4.31 Å². The van der Waals surface area contributed by atoms with E-state index >= 15 is 0 Å². The average molecular weight is 382 g/mol. The van der Waals surface area contributed by atoms with E-state index in [9.17, 15) is 13.2 Å². The molecule has 1 fully saturated rings. The number of hydrogen-bond donors (Lipinski definition) is 1. The number of piperazine rings is 1. The highest BCUT2D eigenvalue weighted by molar-refractivity contribution is 7.89. The molecule has 1 aromatic rings. The fourth-order valence-electron chi connectivity index (χ4n) is 3.21. The molecule has 0 bridgehead atoms. The van der Waals surface area contributed by atoms with Gasteiger partial charge in [-0.25, -0.2) is 8.42 Å². The van der Waals surface area contributed by atoms with Crippen LogP contribution < -0.4 is 5.32 Å². The van der Waals surface area contributed by atoms with Gasteiger partial charge >= 0.3 is 0 Å². The van der Waals surface area contributed by atoms with Crippen LogP contribution in [0, 0.1) is 5.92 Å². The zero-order chi connectivity index (χ0) is 19.3. The molecule has 1 aromatic carbocycles. The molecule has 1 N–H and O–H groups in total. The molecule has 1 aliphatic heterocycles. The summed E-state index contributed by atoms with van der Waals surface area (Å²) >= 11 is 0. The molecule has 2 atom stereocenters. The van der Waals surface area contributed by atoms with Crippen molar-refractivity contribution in [3.8, 4) is 0 Å². The number of benzene rings is 1. The minimum atomic E-state index is -3.51. The largest absolute Gasteiger partial charge is 0.340 e. The van der Waals surface area contributed by atoms with Crippen LogP contribution >= 0.6 is 0 Å². The smallest absolute Gasteiger partial charge is 0.243 e. The van der Waals surface area contributed by atoms with E-state index < -0.39 is 10.0 Å². The second-order valence-electron chi connectivity index (χ2n) is 7.07.